The minimum absolute atomic E-state index is 0.0877. The summed E-state index contributed by atoms with van der Waals surface area (Å²) in [6.07, 6.45) is 3.68. The first kappa shape index (κ1) is 17.2. The van der Waals surface area contributed by atoms with Gasteiger partial charge in [-0.15, -0.1) is 0 Å². The lowest BCUT2D eigenvalue weighted by Crippen LogP contribution is -2.45. The molecule has 0 amide bonds. The Morgan fingerprint density at radius 1 is 1.19 bits per heavy atom. The lowest BCUT2D eigenvalue weighted by molar-refractivity contribution is 0.126. The topological polar surface area (TPSA) is 58.6 Å². The van der Waals surface area contributed by atoms with Crippen molar-refractivity contribution in [1.29, 1.82) is 0 Å². The highest BCUT2D eigenvalue weighted by Gasteiger charge is 2.31. The molecule has 0 aliphatic carbocycles. The Morgan fingerprint density at radius 2 is 1.86 bits per heavy atom. The summed E-state index contributed by atoms with van der Waals surface area (Å²) in [6.45, 7) is 9.48. The second kappa shape index (κ2) is 6.94. The smallest absolute Gasteiger partial charge is 0.216 e. The van der Waals surface area contributed by atoms with Gasteiger partial charge in [0.2, 0.25) is 10.0 Å². The van der Waals surface area contributed by atoms with Gasteiger partial charge < -0.3 is 10.1 Å². The maximum atomic E-state index is 12.4. The van der Waals surface area contributed by atoms with Crippen molar-refractivity contribution in [2.45, 2.75) is 58.1 Å². The minimum atomic E-state index is -3.15. The Hall–Kier alpha value is -0.170. The molecule has 0 aromatic heterocycles. The summed E-state index contributed by atoms with van der Waals surface area (Å²) in [4.78, 5) is 0. The number of nitrogens with zero attached hydrogens (tertiary/aromatic N) is 1. The van der Waals surface area contributed by atoms with Crippen molar-refractivity contribution >= 4 is 10.0 Å². The average molecular weight is 318 g/mol. The fraction of sp³-hybridized carbons (Fsp3) is 1.00. The normalized spacial score (nSPS) is 26.3. The predicted molar refractivity (Wildman–Crippen MR) is 84.8 cm³/mol. The van der Waals surface area contributed by atoms with Crippen LogP contribution in [-0.2, 0) is 14.8 Å². The molecule has 0 aromatic rings. The number of ether oxygens (including phenoxy) is 1. The number of piperidine rings is 1. The average Bonchev–Trinajstić information content (AvgIpc) is 2.88. The van der Waals surface area contributed by atoms with Crippen LogP contribution in [0, 0.1) is 5.92 Å². The molecule has 2 rings (SSSR count). The Bertz CT molecular complexity index is 417. The molecule has 0 spiro atoms. The van der Waals surface area contributed by atoms with Crippen molar-refractivity contribution in [3.63, 3.8) is 0 Å². The third-order valence-electron chi connectivity index (χ3n) is 4.31. The van der Waals surface area contributed by atoms with Crippen LogP contribution in [0.5, 0.6) is 0 Å². The first-order chi connectivity index (χ1) is 9.76. The van der Waals surface area contributed by atoms with E-state index in [4.69, 9.17) is 4.74 Å². The van der Waals surface area contributed by atoms with Crippen LogP contribution in [0.15, 0.2) is 0 Å². The van der Waals surface area contributed by atoms with E-state index >= 15 is 0 Å². The van der Waals surface area contributed by atoms with Crippen LogP contribution in [0.25, 0.3) is 0 Å². The number of hydrogen-bond acceptors (Lipinski definition) is 4. The molecule has 1 atom stereocenters. The molecule has 2 fully saturated rings. The monoisotopic (exact) mass is 318 g/mol. The van der Waals surface area contributed by atoms with Crippen LogP contribution >= 0.6 is 0 Å². The largest absolute Gasteiger partial charge is 0.377 e. The van der Waals surface area contributed by atoms with Crippen molar-refractivity contribution in [2.75, 3.05) is 32.0 Å². The van der Waals surface area contributed by atoms with Crippen LogP contribution < -0.4 is 5.32 Å². The Labute approximate surface area is 129 Å². The zero-order chi connectivity index (χ0) is 15.5. The van der Waals surface area contributed by atoms with Gasteiger partial charge >= 0.3 is 0 Å². The third-order valence-corrected chi connectivity index (χ3v) is 6.25. The molecular formula is C15H30N2O3S. The highest BCUT2D eigenvalue weighted by Crippen LogP contribution is 2.22. The molecule has 6 heteroatoms. The molecule has 2 aliphatic heterocycles. The molecule has 21 heavy (non-hydrogen) atoms. The molecule has 2 aliphatic rings. The molecular weight excluding hydrogens is 288 g/mol. The molecule has 0 saturated carbocycles. The standard InChI is InChI=1S/C15H30N2O3S/c1-15(2,3)16-11-13-6-8-17(9-7-13)21(18,19)12-14-5-4-10-20-14/h13-14,16H,4-12H2,1-3H3. The second-order valence-electron chi connectivity index (χ2n) is 7.39. The van der Waals surface area contributed by atoms with E-state index in [1.165, 1.54) is 0 Å². The van der Waals surface area contributed by atoms with E-state index < -0.39 is 10.0 Å². The van der Waals surface area contributed by atoms with Crippen molar-refractivity contribution in [3.05, 3.63) is 0 Å². The molecule has 0 aromatic carbocycles. The van der Waals surface area contributed by atoms with E-state index in [1.807, 2.05) is 0 Å². The number of hydrogen-bond donors (Lipinski definition) is 1. The van der Waals surface area contributed by atoms with Crippen LogP contribution in [0.2, 0.25) is 0 Å². The number of sulfonamides is 1. The quantitative estimate of drug-likeness (QED) is 0.836. The molecule has 5 nitrogen and oxygen atoms in total. The zero-order valence-electron chi connectivity index (χ0n) is 13.6. The molecule has 2 saturated heterocycles. The second-order valence-corrected chi connectivity index (χ2v) is 9.40. The summed E-state index contributed by atoms with van der Waals surface area (Å²) >= 11 is 0. The Morgan fingerprint density at radius 3 is 2.38 bits per heavy atom. The van der Waals surface area contributed by atoms with Gasteiger partial charge in [-0.05, 0) is 58.9 Å². The maximum Gasteiger partial charge on any atom is 0.216 e. The van der Waals surface area contributed by atoms with Crippen LogP contribution in [0.1, 0.15) is 46.5 Å². The summed E-state index contributed by atoms with van der Waals surface area (Å²) < 4.78 is 31.9. The van der Waals surface area contributed by atoms with Gasteiger partial charge in [-0.1, -0.05) is 0 Å². The molecule has 0 bridgehead atoms. The van der Waals surface area contributed by atoms with E-state index in [1.54, 1.807) is 4.31 Å². The van der Waals surface area contributed by atoms with Crippen molar-refractivity contribution in [3.8, 4) is 0 Å². The number of nitrogens with one attached hydrogen (secondary N) is 1. The van der Waals surface area contributed by atoms with Crippen LogP contribution in [-0.4, -0.2) is 56.4 Å². The van der Waals surface area contributed by atoms with Gasteiger partial charge in [0.05, 0.1) is 11.9 Å². The summed E-state index contributed by atoms with van der Waals surface area (Å²) in [5, 5.41) is 3.52. The molecule has 124 valence electrons. The summed E-state index contributed by atoms with van der Waals surface area (Å²) in [7, 11) is -3.15. The summed E-state index contributed by atoms with van der Waals surface area (Å²) in [6, 6.07) is 0. The zero-order valence-corrected chi connectivity index (χ0v) is 14.4. The van der Waals surface area contributed by atoms with E-state index in [0.717, 1.165) is 32.2 Å². The maximum absolute atomic E-state index is 12.4. The van der Waals surface area contributed by atoms with Gasteiger partial charge in [-0.3, -0.25) is 0 Å². The van der Waals surface area contributed by atoms with Crippen LogP contribution in [0.3, 0.4) is 0 Å². The van der Waals surface area contributed by atoms with Crippen molar-refractivity contribution in [2.24, 2.45) is 5.92 Å². The highest BCUT2D eigenvalue weighted by atomic mass is 32.2. The molecule has 1 N–H and O–H groups in total. The first-order valence-corrected chi connectivity index (χ1v) is 9.72. The van der Waals surface area contributed by atoms with Gasteiger partial charge in [0.15, 0.2) is 0 Å². The predicted octanol–water partition coefficient (Wildman–Crippen LogP) is 1.60. The fourth-order valence-electron chi connectivity index (χ4n) is 2.96. The van der Waals surface area contributed by atoms with E-state index in [-0.39, 0.29) is 17.4 Å². The van der Waals surface area contributed by atoms with E-state index in [9.17, 15) is 8.42 Å². The molecule has 0 radical (unpaired) electrons. The molecule has 1 unspecified atom stereocenters. The van der Waals surface area contributed by atoms with E-state index in [0.29, 0.717) is 25.6 Å². The summed E-state index contributed by atoms with van der Waals surface area (Å²) in [5.74, 6) is 0.746. The molecule has 2 heterocycles. The van der Waals surface area contributed by atoms with Gasteiger partial charge in [0.1, 0.15) is 0 Å². The van der Waals surface area contributed by atoms with Gasteiger partial charge in [0.25, 0.3) is 0 Å². The SMILES string of the molecule is CC(C)(C)NCC1CCN(S(=O)(=O)CC2CCCO2)CC1. The van der Waals surface area contributed by atoms with Gasteiger partial charge in [-0.2, -0.15) is 0 Å². The first-order valence-electron chi connectivity index (χ1n) is 8.11. The minimum Gasteiger partial charge on any atom is -0.377 e. The van der Waals surface area contributed by atoms with Crippen molar-refractivity contribution < 1.29 is 13.2 Å². The lowest BCUT2D eigenvalue weighted by atomic mass is 9.97. The lowest BCUT2D eigenvalue weighted by Gasteiger charge is -2.33. The van der Waals surface area contributed by atoms with Crippen LogP contribution in [0.4, 0.5) is 0 Å². The van der Waals surface area contributed by atoms with Gasteiger partial charge in [-0.25, -0.2) is 12.7 Å². The van der Waals surface area contributed by atoms with Crippen molar-refractivity contribution in [1.82, 2.24) is 9.62 Å². The van der Waals surface area contributed by atoms with Gasteiger partial charge in [0, 0.05) is 25.2 Å². The fourth-order valence-corrected chi connectivity index (χ4v) is 4.67. The Kier molecular flexibility index (Phi) is 5.68. The third kappa shape index (κ3) is 5.51. The Balaban J connectivity index is 1.77. The highest BCUT2D eigenvalue weighted by molar-refractivity contribution is 7.89. The van der Waals surface area contributed by atoms with E-state index in [2.05, 4.69) is 26.1 Å². The summed E-state index contributed by atoms with van der Waals surface area (Å²) in [5.41, 5.74) is 0.128. The number of rotatable bonds is 5.